The molecule has 5 nitrogen and oxygen atoms in total. The molecule has 1 N–H and O–H groups in total. The summed E-state index contributed by atoms with van der Waals surface area (Å²) in [7, 11) is 2.12. The van der Waals surface area contributed by atoms with Crippen LogP contribution in [0.5, 0.6) is 0 Å². The van der Waals surface area contributed by atoms with Crippen molar-refractivity contribution >= 4 is 37.7 Å². The van der Waals surface area contributed by atoms with Crippen LogP contribution in [0.1, 0.15) is 0 Å². The number of aryl methyl sites for hydroxylation is 1. The summed E-state index contributed by atoms with van der Waals surface area (Å²) in [5.41, 5.74) is 1.24. The Hall–Kier alpha value is -1.63. The first kappa shape index (κ1) is 14.0. The Morgan fingerprint density at radius 2 is 1.95 bits per heavy atom. The van der Waals surface area contributed by atoms with Crippen LogP contribution in [0.15, 0.2) is 24.3 Å². The number of hydrogen-bond donors (Lipinski definition) is 1. The number of aliphatic hydroxyl groups excluding tert-OH is 1. The lowest BCUT2D eigenvalue weighted by atomic mass is 10.2. The van der Waals surface area contributed by atoms with Crippen molar-refractivity contribution in [3.63, 3.8) is 0 Å². The molecule has 0 saturated carbocycles. The number of anilines is 1. The highest BCUT2D eigenvalue weighted by atomic mass is 32.1. The highest BCUT2D eigenvalue weighted by molar-refractivity contribution is 7.25. The Bertz CT molecular complexity index is 801. The molecule has 1 aliphatic heterocycles. The molecule has 0 radical (unpaired) electrons. The van der Waals surface area contributed by atoms with E-state index < -0.39 is 0 Å². The van der Waals surface area contributed by atoms with E-state index in [1.807, 2.05) is 0 Å². The van der Waals surface area contributed by atoms with Gasteiger partial charge in [0.1, 0.15) is 4.83 Å². The number of rotatable bonds is 3. The molecule has 1 saturated heterocycles. The Morgan fingerprint density at radius 3 is 2.73 bits per heavy atom. The lowest BCUT2D eigenvalue weighted by Crippen LogP contribution is -2.47. The molecule has 116 valence electrons. The maximum absolute atomic E-state index is 9.04. The van der Waals surface area contributed by atoms with Crippen LogP contribution >= 0.6 is 11.3 Å². The van der Waals surface area contributed by atoms with Gasteiger partial charge in [0, 0.05) is 49.9 Å². The molecule has 4 rings (SSSR count). The Kier molecular flexibility index (Phi) is 3.52. The number of aromatic nitrogens is 2. The number of thiophene rings is 1. The number of piperazine rings is 1. The average Bonchev–Trinajstić information content (AvgIpc) is 3.05. The average molecular weight is 316 g/mol. The van der Waals surface area contributed by atoms with Crippen molar-refractivity contribution in [3.05, 3.63) is 24.3 Å². The first-order valence-corrected chi connectivity index (χ1v) is 8.51. The minimum Gasteiger partial charge on any atom is -0.395 e. The van der Waals surface area contributed by atoms with E-state index in [0.29, 0.717) is 0 Å². The van der Waals surface area contributed by atoms with Gasteiger partial charge in [0.15, 0.2) is 0 Å². The summed E-state index contributed by atoms with van der Waals surface area (Å²) in [6, 6.07) is 8.52. The largest absolute Gasteiger partial charge is 0.395 e. The molecule has 3 aromatic rings. The van der Waals surface area contributed by atoms with E-state index in [1.54, 1.807) is 11.3 Å². The van der Waals surface area contributed by atoms with Crippen LogP contribution in [0.3, 0.4) is 0 Å². The Balaban J connectivity index is 1.67. The van der Waals surface area contributed by atoms with Gasteiger partial charge in [0.2, 0.25) is 5.95 Å². The molecule has 2 aromatic heterocycles. The van der Waals surface area contributed by atoms with Crippen LogP contribution in [-0.2, 0) is 7.05 Å². The van der Waals surface area contributed by atoms with Crippen molar-refractivity contribution in [2.45, 2.75) is 0 Å². The van der Waals surface area contributed by atoms with Gasteiger partial charge in [-0.05, 0) is 6.07 Å². The first-order chi connectivity index (χ1) is 10.8. The summed E-state index contributed by atoms with van der Waals surface area (Å²) in [6.45, 7) is 4.92. The van der Waals surface area contributed by atoms with Gasteiger partial charge in [-0.1, -0.05) is 18.2 Å². The normalized spacial score (nSPS) is 16.9. The zero-order valence-electron chi connectivity index (χ0n) is 12.7. The molecule has 0 unspecified atom stereocenters. The van der Waals surface area contributed by atoms with Crippen LogP contribution in [0.2, 0.25) is 0 Å². The summed E-state index contributed by atoms with van der Waals surface area (Å²) in [4.78, 5) is 10.7. The minimum absolute atomic E-state index is 0.240. The second-order valence-corrected chi connectivity index (χ2v) is 6.81. The summed E-state index contributed by atoms with van der Waals surface area (Å²) < 4.78 is 3.53. The summed E-state index contributed by atoms with van der Waals surface area (Å²) in [5.74, 6) is 1.07. The van der Waals surface area contributed by atoms with Crippen LogP contribution in [0.4, 0.5) is 5.95 Å². The third-order valence-corrected chi connectivity index (χ3v) is 5.51. The Labute approximate surface area is 133 Å². The molecule has 0 amide bonds. The van der Waals surface area contributed by atoms with Gasteiger partial charge in [-0.2, -0.15) is 0 Å². The number of β-amino-alcohol motifs (C(OH)–C–C–N with tert-alkyl or cyclic N) is 1. The van der Waals surface area contributed by atoms with E-state index in [9.17, 15) is 0 Å². The van der Waals surface area contributed by atoms with Crippen LogP contribution < -0.4 is 4.90 Å². The van der Waals surface area contributed by atoms with Gasteiger partial charge in [0.05, 0.1) is 12.1 Å². The highest BCUT2D eigenvalue weighted by Gasteiger charge is 2.22. The Morgan fingerprint density at radius 1 is 1.18 bits per heavy atom. The van der Waals surface area contributed by atoms with Crippen LogP contribution in [0.25, 0.3) is 20.4 Å². The summed E-state index contributed by atoms with van der Waals surface area (Å²) in [6.07, 6.45) is 0. The number of fused-ring (bicyclic) bond motifs is 3. The van der Waals surface area contributed by atoms with Crippen molar-refractivity contribution in [3.8, 4) is 0 Å². The maximum Gasteiger partial charge on any atom is 0.207 e. The number of aliphatic hydroxyl groups is 1. The van der Waals surface area contributed by atoms with Crippen LogP contribution in [0, 0.1) is 0 Å². The monoisotopic (exact) mass is 316 g/mol. The molecule has 22 heavy (non-hydrogen) atoms. The summed E-state index contributed by atoms with van der Waals surface area (Å²) >= 11 is 1.77. The number of hydrogen-bond acceptors (Lipinski definition) is 5. The highest BCUT2D eigenvalue weighted by Crippen LogP contribution is 2.35. The fraction of sp³-hybridized carbons (Fsp3) is 0.438. The zero-order valence-corrected chi connectivity index (χ0v) is 13.5. The smallest absolute Gasteiger partial charge is 0.207 e. The molecule has 1 aromatic carbocycles. The quantitative estimate of drug-likeness (QED) is 0.802. The number of benzene rings is 1. The van der Waals surface area contributed by atoms with E-state index >= 15 is 0 Å². The summed E-state index contributed by atoms with van der Waals surface area (Å²) in [5, 5.41) is 10.3. The molecule has 0 aliphatic carbocycles. The molecule has 1 aliphatic rings. The van der Waals surface area contributed by atoms with Gasteiger partial charge in [-0.3, -0.25) is 4.90 Å². The van der Waals surface area contributed by atoms with Gasteiger partial charge < -0.3 is 14.6 Å². The van der Waals surface area contributed by atoms with Crippen molar-refractivity contribution in [2.24, 2.45) is 7.05 Å². The van der Waals surface area contributed by atoms with Crippen LogP contribution in [-0.4, -0.2) is 58.9 Å². The number of nitrogens with zero attached hydrogens (tertiary/aromatic N) is 4. The van der Waals surface area contributed by atoms with Gasteiger partial charge in [0.25, 0.3) is 0 Å². The lowest BCUT2D eigenvalue weighted by molar-refractivity contribution is 0.188. The molecule has 0 atom stereocenters. The predicted molar refractivity (Wildman–Crippen MR) is 91.8 cm³/mol. The molecule has 6 heteroatoms. The second kappa shape index (κ2) is 5.53. The fourth-order valence-electron chi connectivity index (χ4n) is 3.28. The molecule has 1 fully saturated rings. The molecule has 0 bridgehead atoms. The van der Waals surface area contributed by atoms with Crippen molar-refractivity contribution in [1.82, 2.24) is 14.5 Å². The second-order valence-electron chi connectivity index (χ2n) is 5.78. The van der Waals surface area contributed by atoms with Gasteiger partial charge >= 0.3 is 0 Å². The standard InChI is InChI=1S/C16H20N4OS/c1-18-14-12-4-2-3-5-13(12)22-15(14)17-16(18)20-8-6-19(7-9-20)10-11-21/h2-5,21H,6-11H2,1H3. The van der Waals surface area contributed by atoms with Gasteiger partial charge in [-0.15, -0.1) is 11.3 Å². The van der Waals surface area contributed by atoms with E-state index in [4.69, 9.17) is 10.1 Å². The van der Waals surface area contributed by atoms with E-state index in [-0.39, 0.29) is 6.61 Å². The lowest BCUT2D eigenvalue weighted by Gasteiger charge is -2.34. The third-order valence-electron chi connectivity index (χ3n) is 4.46. The zero-order chi connectivity index (χ0) is 15.1. The van der Waals surface area contributed by atoms with Crippen molar-refractivity contribution in [1.29, 1.82) is 0 Å². The maximum atomic E-state index is 9.04. The van der Waals surface area contributed by atoms with Gasteiger partial charge in [-0.25, -0.2) is 4.98 Å². The molecular weight excluding hydrogens is 296 g/mol. The first-order valence-electron chi connectivity index (χ1n) is 7.70. The molecule has 0 spiro atoms. The molecule has 3 heterocycles. The topological polar surface area (TPSA) is 44.5 Å². The fourth-order valence-corrected chi connectivity index (χ4v) is 4.38. The third kappa shape index (κ3) is 2.18. The van der Waals surface area contributed by atoms with E-state index in [2.05, 4.69) is 45.7 Å². The minimum atomic E-state index is 0.240. The van der Waals surface area contributed by atoms with Crippen molar-refractivity contribution < 1.29 is 5.11 Å². The molecular formula is C16H20N4OS. The van der Waals surface area contributed by atoms with Crippen molar-refractivity contribution in [2.75, 3.05) is 44.2 Å². The van der Waals surface area contributed by atoms with E-state index in [1.165, 1.54) is 15.6 Å². The number of imidazole rings is 1. The van der Waals surface area contributed by atoms with E-state index in [0.717, 1.165) is 43.5 Å². The predicted octanol–water partition coefficient (Wildman–Crippen LogP) is 1.90. The SMILES string of the molecule is Cn1c(N2CCN(CCO)CC2)nc2sc3ccccc3c21.